The molecule has 1 saturated heterocycles. The number of likely N-dealkylation sites (tertiary alicyclic amines) is 1. The van der Waals surface area contributed by atoms with Crippen LogP contribution in [-0.4, -0.2) is 51.6 Å². The first kappa shape index (κ1) is 19.9. The number of nitrogens with zero attached hydrogens (tertiary/aromatic N) is 1. The Kier molecular flexibility index (Phi) is 6.02. The molecule has 1 aromatic carbocycles. The molecule has 2 rings (SSSR count). The highest BCUT2D eigenvalue weighted by Gasteiger charge is 2.40. The molecule has 0 bridgehead atoms. The number of hydrogen-bond donors (Lipinski definition) is 3. The van der Waals surface area contributed by atoms with Crippen LogP contribution in [0.2, 0.25) is 0 Å². The van der Waals surface area contributed by atoms with Gasteiger partial charge in [0.05, 0.1) is 0 Å². The molecule has 0 radical (unpaired) electrons. The van der Waals surface area contributed by atoms with Crippen LogP contribution in [0.3, 0.4) is 0 Å². The van der Waals surface area contributed by atoms with Gasteiger partial charge in [0, 0.05) is 43.6 Å². The number of hydrogen-bond acceptors (Lipinski definition) is 4. The second kappa shape index (κ2) is 7.86. The summed E-state index contributed by atoms with van der Waals surface area (Å²) in [4.78, 5) is 37.1. The molecule has 7 nitrogen and oxygen atoms in total. The Morgan fingerprint density at radius 3 is 2.35 bits per heavy atom. The summed E-state index contributed by atoms with van der Waals surface area (Å²) in [5.41, 5.74) is 0.181. The maximum absolute atomic E-state index is 12.6. The number of piperidine rings is 1. The minimum Gasteiger partial charge on any atom is -0.479 e. The predicted molar refractivity (Wildman–Crippen MR) is 97.0 cm³/mol. The first-order valence-electron chi connectivity index (χ1n) is 8.78. The van der Waals surface area contributed by atoms with Crippen LogP contribution < -0.4 is 5.32 Å². The van der Waals surface area contributed by atoms with Crippen LogP contribution in [0.4, 0.5) is 5.69 Å². The van der Waals surface area contributed by atoms with Gasteiger partial charge >= 0.3 is 5.97 Å². The Balaban J connectivity index is 2.03. The van der Waals surface area contributed by atoms with Gasteiger partial charge in [0.15, 0.2) is 5.60 Å². The van der Waals surface area contributed by atoms with E-state index in [0.717, 1.165) is 5.56 Å². The fourth-order valence-electron chi connectivity index (χ4n) is 2.99. The van der Waals surface area contributed by atoms with Crippen molar-refractivity contribution < 1.29 is 24.6 Å². The van der Waals surface area contributed by atoms with Crippen molar-refractivity contribution in [3.8, 4) is 0 Å². The van der Waals surface area contributed by atoms with E-state index >= 15 is 0 Å². The number of carboxylic acids is 1. The second-order valence-electron chi connectivity index (χ2n) is 7.30. The number of aryl methyl sites for hydroxylation is 1. The standard InChI is InChI=1S/C19H26N2O5/c1-12(2)10-16(22)20-15-5-4-14(11-13(15)3)17(23)21-8-6-19(26,7-9-21)18(24)25/h4-5,11-12,26H,6-10H2,1-3H3,(H,20,22)(H,24,25). The number of rotatable bonds is 5. The molecule has 0 unspecified atom stereocenters. The topological polar surface area (TPSA) is 107 Å². The largest absolute Gasteiger partial charge is 0.479 e. The summed E-state index contributed by atoms with van der Waals surface area (Å²) in [6, 6.07) is 5.07. The lowest BCUT2D eigenvalue weighted by Gasteiger charge is -2.35. The molecule has 0 saturated carbocycles. The van der Waals surface area contributed by atoms with Crippen LogP contribution in [0.15, 0.2) is 18.2 Å². The summed E-state index contributed by atoms with van der Waals surface area (Å²) in [7, 11) is 0. The molecule has 7 heteroatoms. The van der Waals surface area contributed by atoms with Crippen LogP contribution in [0.25, 0.3) is 0 Å². The third-order valence-corrected chi connectivity index (χ3v) is 4.62. The lowest BCUT2D eigenvalue weighted by molar-refractivity contribution is -0.162. The Morgan fingerprint density at radius 2 is 1.85 bits per heavy atom. The van der Waals surface area contributed by atoms with Gasteiger partial charge in [-0.15, -0.1) is 0 Å². The van der Waals surface area contributed by atoms with Gasteiger partial charge in [-0.1, -0.05) is 13.8 Å². The zero-order valence-corrected chi connectivity index (χ0v) is 15.4. The van der Waals surface area contributed by atoms with E-state index in [4.69, 9.17) is 5.11 Å². The monoisotopic (exact) mass is 362 g/mol. The molecule has 1 heterocycles. The molecule has 1 aromatic rings. The highest BCUT2D eigenvalue weighted by Crippen LogP contribution is 2.25. The number of carboxylic acid groups (broad SMARTS) is 1. The molecule has 1 fully saturated rings. The minimum absolute atomic E-state index is 0.0103. The van der Waals surface area contributed by atoms with Crippen LogP contribution in [-0.2, 0) is 9.59 Å². The van der Waals surface area contributed by atoms with Gasteiger partial charge < -0.3 is 20.4 Å². The first-order valence-corrected chi connectivity index (χ1v) is 8.78. The van der Waals surface area contributed by atoms with Gasteiger partial charge in [-0.05, 0) is 36.6 Å². The number of amides is 2. The van der Waals surface area contributed by atoms with Crippen LogP contribution >= 0.6 is 0 Å². The Labute approximate surface area is 153 Å². The van der Waals surface area contributed by atoms with E-state index in [1.54, 1.807) is 23.1 Å². The van der Waals surface area contributed by atoms with E-state index in [1.807, 2.05) is 20.8 Å². The quantitative estimate of drug-likeness (QED) is 0.743. The molecule has 0 aliphatic carbocycles. The number of aliphatic hydroxyl groups is 1. The molecule has 0 spiro atoms. The summed E-state index contributed by atoms with van der Waals surface area (Å²) in [5, 5.41) is 21.9. The van der Waals surface area contributed by atoms with Crippen molar-refractivity contribution in [1.82, 2.24) is 4.90 Å². The van der Waals surface area contributed by atoms with Crippen molar-refractivity contribution in [1.29, 1.82) is 0 Å². The Morgan fingerprint density at radius 1 is 1.23 bits per heavy atom. The highest BCUT2D eigenvalue weighted by atomic mass is 16.4. The van der Waals surface area contributed by atoms with Crippen molar-refractivity contribution in [2.45, 2.75) is 45.6 Å². The van der Waals surface area contributed by atoms with Gasteiger partial charge in [-0.2, -0.15) is 0 Å². The van der Waals surface area contributed by atoms with E-state index < -0.39 is 11.6 Å². The number of anilines is 1. The molecule has 1 aliphatic heterocycles. The molecule has 0 aromatic heterocycles. The van der Waals surface area contributed by atoms with E-state index in [9.17, 15) is 19.5 Å². The molecular formula is C19H26N2O5. The SMILES string of the molecule is Cc1cc(C(=O)N2CCC(O)(C(=O)O)CC2)ccc1NC(=O)CC(C)C. The van der Waals surface area contributed by atoms with E-state index in [2.05, 4.69) is 5.32 Å². The summed E-state index contributed by atoms with van der Waals surface area (Å²) in [6.07, 6.45) is 0.452. The summed E-state index contributed by atoms with van der Waals surface area (Å²) >= 11 is 0. The number of carbonyl (C=O) groups excluding carboxylic acids is 2. The fraction of sp³-hybridized carbons (Fsp3) is 0.526. The minimum atomic E-state index is -1.75. The first-order chi connectivity index (χ1) is 12.1. The van der Waals surface area contributed by atoms with Crippen molar-refractivity contribution in [3.05, 3.63) is 29.3 Å². The normalized spacial score (nSPS) is 16.4. The van der Waals surface area contributed by atoms with Gasteiger partial charge in [0.1, 0.15) is 0 Å². The van der Waals surface area contributed by atoms with E-state index in [0.29, 0.717) is 17.7 Å². The lowest BCUT2D eigenvalue weighted by atomic mass is 9.91. The van der Waals surface area contributed by atoms with Gasteiger partial charge in [-0.25, -0.2) is 4.79 Å². The number of nitrogens with one attached hydrogen (secondary N) is 1. The Bertz CT molecular complexity index is 706. The van der Waals surface area contributed by atoms with Crippen molar-refractivity contribution >= 4 is 23.5 Å². The highest BCUT2D eigenvalue weighted by molar-refractivity contribution is 5.96. The van der Waals surface area contributed by atoms with E-state index in [-0.39, 0.29) is 43.7 Å². The van der Waals surface area contributed by atoms with Crippen LogP contribution in [0, 0.1) is 12.8 Å². The third kappa shape index (κ3) is 4.60. The predicted octanol–water partition coefficient (Wildman–Crippen LogP) is 2.03. The third-order valence-electron chi connectivity index (χ3n) is 4.62. The van der Waals surface area contributed by atoms with Gasteiger partial charge in [0.2, 0.25) is 5.91 Å². The fourth-order valence-corrected chi connectivity index (χ4v) is 2.99. The second-order valence-corrected chi connectivity index (χ2v) is 7.30. The zero-order valence-electron chi connectivity index (χ0n) is 15.4. The molecular weight excluding hydrogens is 336 g/mol. The average Bonchev–Trinajstić information content (AvgIpc) is 2.56. The van der Waals surface area contributed by atoms with Crippen molar-refractivity contribution in [2.24, 2.45) is 5.92 Å². The van der Waals surface area contributed by atoms with Gasteiger partial charge in [-0.3, -0.25) is 9.59 Å². The molecule has 0 atom stereocenters. The maximum Gasteiger partial charge on any atom is 0.335 e. The van der Waals surface area contributed by atoms with E-state index in [1.165, 1.54) is 0 Å². The lowest BCUT2D eigenvalue weighted by Crippen LogP contribution is -2.50. The summed E-state index contributed by atoms with van der Waals surface area (Å²) in [6.45, 7) is 6.14. The smallest absolute Gasteiger partial charge is 0.335 e. The van der Waals surface area contributed by atoms with Crippen molar-refractivity contribution in [2.75, 3.05) is 18.4 Å². The van der Waals surface area contributed by atoms with Crippen molar-refractivity contribution in [3.63, 3.8) is 0 Å². The molecule has 142 valence electrons. The summed E-state index contributed by atoms with van der Waals surface area (Å²) in [5.74, 6) is -1.26. The van der Waals surface area contributed by atoms with Gasteiger partial charge in [0.25, 0.3) is 5.91 Å². The number of benzene rings is 1. The average molecular weight is 362 g/mol. The number of aliphatic carboxylic acids is 1. The number of carbonyl (C=O) groups is 3. The molecule has 2 amide bonds. The van der Waals surface area contributed by atoms with Crippen LogP contribution in [0.5, 0.6) is 0 Å². The zero-order chi connectivity index (χ0) is 19.5. The molecule has 1 aliphatic rings. The molecule has 26 heavy (non-hydrogen) atoms. The maximum atomic E-state index is 12.6. The Hall–Kier alpha value is -2.41. The van der Waals surface area contributed by atoms with Crippen LogP contribution in [0.1, 0.15) is 49.0 Å². The molecule has 3 N–H and O–H groups in total. The summed E-state index contributed by atoms with van der Waals surface area (Å²) < 4.78 is 0.